The Balaban J connectivity index is 3.41. The molecule has 0 saturated carbocycles. The number of aryl methyl sites for hydroxylation is 2. The van der Waals surface area contributed by atoms with Crippen LogP contribution in [0.25, 0.3) is 0 Å². The van der Waals surface area contributed by atoms with E-state index in [0.29, 0.717) is 0 Å². The first-order valence-electron chi connectivity index (χ1n) is 4.50. The van der Waals surface area contributed by atoms with Crippen LogP contribution < -0.4 is 4.74 Å². The van der Waals surface area contributed by atoms with Crippen molar-refractivity contribution in [3.8, 4) is 18.2 Å². The van der Waals surface area contributed by atoms with Gasteiger partial charge in [-0.3, -0.25) is 0 Å². The predicted molar refractivity (Wildman–Crippen MR) is 56.4 cm³/mol. The van der Waals surface area contributed by atoms with Crippen molar-refractivity contribution in [2.24, 2.45) is 7.05 Å². The SMILES string of the molecule is C#CC(C)(C)c1c(C)nn(C)c1OC. The molecule has 0 atom stereocenters. The summed E-state index contributed by atoms with van der Waals surface area (Å²) in [5.74, 6) is 3.49. The molecule has 3 nitrogen and oxygen atoms in total. The Morgan fingerprint density at radius 2 is 2.07 bits per heavy atom. The number of ether oxygens (including phenoxy) is 1. The molecule has 0 fully saturated rings. The van der Waals surface area contributed by atoms with Crippen LogP contribution in [0.2, 0.25) is 0 Å². The van der Waals surface area contributed by atoms with E-state index in [1.807, 2.05) is 27.8 Å². The summed E-state index contributed by atoms with van der Waals surface area (Å²) < 4.78 is 7.00. The van der Waals surface area contributed by atoms with Gasteiger partial charge in [0, 0.05) is 7.05 Å². The first kappa shape index (κ1) is 10.6. The maximum absolute atomic E-state index is 5.50. The third-order valence-electron chi connectivity index (χ3n) is 2.35. The number of hydrogen-bond acceptors (Lipinski definition) is 2. The number of hydrogen-bond donors (Lipinski definition) is 0. The summed E-state index contributed by atoms with van der Waals surface area (Å²) in [6.07, 6.45) is 5.50. The zero-order valence-corrected chi connectivity index (χ0v) is 9.38. The van der Waals surface area contributed by atoms with Crippen LogP contribution in [-0.4, -0.2) is 16.9 Å². The molecule has 0 aromatic carbocycles. The molecule has 0 N–H and O–H groups in total. The van der Waals surface area contributed by atoms with Crippen LogP contribution in [0.4, 0.5) is 0 Å². The molecule has 0 aliphatic heterocycles. The summed E-state index contributed by atoms with van der Waals surface area (Å²) >= 11 is 0. The van der Waals surface area contributed by atoms with Gasteiger partial charge in [-0.1, -0.05) is 5.92 Å². The fourth-order valence-electron chi connectivity index (χ4n) is 1.66. The lowest BCUT2D eigenvalue weighted by atomic mass is 9.85. The third-order valence-corrected chi connectivity index (χ3v) is 2.35. The summed E-state index contributed by atoms with van der Waals surface area (Å²) in [6.45, 7) is 5.91. The van der Waals surface area contributed by atoms with Gasteiger partial charge in [0.05, 0.1) is 23.8 Å². The molecular weight excluding hydrogens is 176 g/mol. The maximum Gasteiger partial charge on any atom is 0.216 e. The zero-order chi connectivity index (χ0) is 10.9. The lowest BCUT2D eigenvalue weighted by Crippen LogP contribution is -2.16. The second-order valence-electron chi connectivity index (χ2n) is 3.86. The lowest BCUT2D eigenvalue weighted by Gasteiger charge is -2.18. The van der Waals surface area contributed by atoms with Crippen molar-refractivity contribution in [1.82, 2.24) is 9.78 Å². The molecule has 1 rings (SSSR count). The molecule has 0 spiro atoms. The van der Waals surface area contributed by atoms with Crippen molar-refractivity contribution in [3.05, 3.63) is 11.3 Å². The molecule has 14 heavy (non-hydrogen) atoms. The number of nitrogens with zero attached hydrogens (tertiary/aromatic N) is 2. The number of rotatable bonds is 2. The van der Waals surface area contributed by atoms with Crippen LogP contribution in [0, 0.1) is 19.3 Å². The monoisotopic (exact) mass is 192 g/mol. The number of methoxy groups -OCH3 is 1. The third kappa shape index (κ3) is 1.48. The van der Waals surface area contributed by atoms with Crippen LogP contribution in [0.1, 0.15) is 25.1 Å². The summed E-state index contributed by atoms with van der Waals surface area (Å²) in [4.78, 5) is 0. The van der Waals surface area contributed by atoms with Crippen LogP contribution in [0.15, 0.2) is 0 Å². The first-order valence-corrected chi connectivity index (χ1v) is 4.50. The zero-order valence-electron chi connectivity index (χ0n) is 9.38. The van der Waals surface area contributed by atoms with E-state index < -0.39 is 0 Å². The largest absolute Gasteiger partial charge is 0.481 e. The topological polar surface area (TPSA) is 27.1 Å². The fraction of sp³-hybridized carbons (Fsp3) is 0.545. The van der Waals surface area contributed by atoms with Crippen LogP contribution in [0.5, 0.6) is 5.88 Å². The minimum atomic E-state index is -0.344. The molecule has 0 amide bonds. The number of terminal acetylenes is 1. The Kier molecular flexibility index (Phi) is 2.57. The molecule has 1 aromatic heterocycles. The molecule has 0 radical (unpaired) electrons. The van der Waals surface area contributed by atoms with Gasteiger partial charge < -0.3 is 4.74 Å². The van der Waals surface area contributed by atoms with Crippen LogP contribution >= 0.6 is 0 Å². The van der Waals surface area contributed by atoms with E-state index in [1.54, 1.807) is 11.8 Å². The van der Waals surface area contributed by atoms with Gasteiger partial charge in [-0.15, -0.1) is 6.42 Å². The van der Waals surface area contributed by atoms with E-state index in [1.165, 1.54) is 0 Å². The summed E-state index contributed by atoms with van der Waals surface area (Å²) in [5.41, 5.74) is 1.57. The van der Waals surface area contributed by atoms with Gasteiger partial charge in [0.2, 0.25) is 5.88 Å². The minimum absolute atomic E-state index is 0.344. The van der Waals surface area contributed by atoms with E-state index in [4.69, 9.17) is 11.2 Å². The summed E-state index contributed by atoms with van der Waals surface area (Å²) in [7, 11) is 3.48. The second-order valence-corrected chi connectivity index (χ2v) is 3.86. The molecule has 0 aliphatic rings. The molecule has 1 aromatic rings. The maximum atomic E-state index is 5.50. The van der Waals surface area contributed by atoms with Crippen molar-refractivity contribution >= 4 is 0 Å². The quantitative estimate of drug-likeness (QED) is 0.666. The van der Waals surface area contributed by atoms with Gasteiger partial charge in [0.25, 0.3) is 0 Å². The molecule has 0 saturated heterocycles. The Morgan fingerprint density at radius 3 is 2.50 bits per heavy atom. The summed E-state index contributed by atoms with van der Waals surface area (Å²) in [5, 5.41) is 4.29. The highest BCUT2D eigenvalue weighted by molar-refractivity contribution is 5.42. The average Bonchev–Trinajstić information content (AvgIpc) is 2.40. The molecular formula is C11H16N2O. The number of aromatic nitrogens is 2. The van der Waals surface area contributed by atoms with E-state index in [0.717, 1.165) is 17.1 Å². The average molecular weight is 192 g/mol. The van der Waals surface area contributed by atoms with Gasteiger partial charge in [-0.2, -0.15) is 5.10 Å². The van der Waals surface area contributed by atoms with E-state index in [-0.39, 0.29) is 5.41 Å². The van der Waals surface area contributed by atoms with E-state index in [2.05, 4.69) is 11.0 Å². The molecule has 1 heterocycles. The fourth-order valence-corrected chi connectivity index (χ4v) is 1.66. The molecule has 3 heteroatoms. The highest BCUT2D eigenvalue weighted by Crippen LogP contribution is 2.33. The lowest BCUT2D eigenvalue weighted by molar-refractivity contribution is 0.364. The Bertz CT molecular complexity index is 383. The van der Waals surface area contributed by atoms with Crippen molar-refractivity contribution in [2.45, 2.75) is 26.2 Å². The first-order chi connectivity index (χ1) is 6.44. The summed E-state index contributed by atoms with van der Waals surface area (Å²) in [6, 6.07) is 0. The van der Waals surface area contributed by atoms with E-state index in [9.17, 15) is 0 Å². The highest BCUT2D eigenvalue weighted by atomic mass is 16.5. The van der Waals surface area contributed by atoms with E-state index >= 15 is 0 Å². The van der Waals surface area contributed by atoms with Crippen molar-refractivity contribution in [1.29, 1.82) is 0 Å². The molecule has 0 bridgehead atoms. The molecule has 0 aliphatic carbocycles. The minimum Gasteiger partial charge on any atom is -0.481 e. The van der Waals surface area contributed by atoms with Gasteiger partial charge in [0.1, 0.15) is 0 Å². The molecule has 76 valence electrons. The Hall–Kier alpha value is -1.43. The Morgan fingerprint density at radius 1 is 1.50 bits per heavy atom. The second kappa shape index (κ2) is 3.38. The Labute approximate surface area is 85.1 Å². The van der Waals surface area contributed by atoms with Crippen molar-refractivity contribution in [2.75, 3.05) is 7.11 Å². The predicted octanol–water partition coefficient (Wildman–Crippen LogP) is 1.65. The van der Waals surface area contributed by atoms with Crippen LogP contribution in [-0.2, 0) is 12.5 Å². The van der Waals surface area contributed by atoms with Gasteiger partial charge >= 0.3 is 0 Å². The molecule has 0 unspecified atom stereocenters. The van der Waals surface area contributed by atoms with Gasteiger partial charge in [0.15, 0.2) is 0 Å². The van der Waals surface area contributed by atoms with Gasteiger partial charge in [-0.05, 0) is 20.8 Å². The van der Waals surface area contributed by atoms with Gasteiger partial charge in [-0.25, -0.2) is 4.68 Å². The highest BCUT2D eigenvalue weighted by Gasteiger charge is 2.28. The van der Waals surface area contributed by atoms with Crippen molar-refractivity contribution < 1.29 is 4.74 Å². The smallest absolute Gasteiger partial charge is 0.216 e. The standard InChI is InChI=1S/C11H16N2O/c1-7-11(3,4)9-8(2)12-13(5)10(9)14-6/h1H,2-6H3. The van der Waals surface area contributed by atoms with Crippen molar-refractivity contribution in [3.63, 3.8) is 0 Å². The normalized spacial score (nSPS) is 11.1. The van der Waals surface area contributed by atoms with Crippen LogP contribution in [0.3, 0.4) is 0 Å².